The monoisotopic (exact) mass is 246 g/mol. The number of amides is 1. The van der Waals surface area contributed by atoms with Crippen LogP contribution in [0.4, 0.5) is 0 Å². The lowest BCUT2D eigenvalue weighted by Crippen LogP contribution is -2.33. The Labute approximate surface area is 102 Å². The summed E-state index contributed by atoms with van der Waals surface area (Å²) in [5.74, 6) is 0.0554. The second-order valence-electron chi connectivity index (χ2n) is 3.70. The molecule has 1 aromatic heterocycles. The second kappa shape index (κ2) is 7.24. The lowest BCUT2D eigenvalue weighted by atomic mass is 10.1. The van der Waals surface area contributed by atoms with Crippen LogP contribution in [0.5, 0.6) is 0 Å². The van der Waals surface area contributed by atoms with Gasteiger partial charge in [-0.1, -0.05) is 6.92 Å². The van der Waals surface area contributed by atoms with Gasteiger partial charge in [-0.25, -0.2) is 0 Å². The smallest absolute Gasteiger partial charge is 0.224 e. The van der Waals surface area contributed by atoms with Crippen LogP contribution in [0, 0.1) is 5.92 Å². The van der Waals surface area contributed by atoms with Crippen molar-refractivity contribution in [2.45, 2.75) is 13.5 Å². The molecule has 0 aliphatic rings. The number of hydrogen-bond donors (Lipinski definition) is 2. The van der Waals surface area contributed by atoms with Crippen molar-refractivity contribution in [3.8, 4) is 0 Å². The fourth-order valence-electron chi connectivity index (χ4n) is 1.33. The van der Waals surface area contributed by atoms with Gasteiger partial charge < -0.3 is 10.6 Å². The molecule has 0 bridgehead atoms. The van der Waals surface area contributed by atoms with E-state index >= 15 is 0 Å². The molecule has 5 nitrogen and oxygen atoms in total. The first-order chi connectivity index (χ1) is 7.13. The molecule has 1 atom stereocenters. The molecule has 0 aromatic carbocycles. The SMILES string of the molecule is CNCC(C)C(=O)NCc1cnn(C)c1.Cl. The number of aromatic nitrogens is 2. The minimum atomic E-state index is -0.00771. The number of carbonyl (C=O) groups is 1. The summed E-state index contributed by atoms with van der Waals surface area (Å²) < 4.78 is 1.72. The quantitative estimate of drug-likeness (QED) is 0.787. The van der Waals surface area contributed by atoms with Crippen LogP contribution in [-0.2, 0) is 18.4 Å². The first-order valence-corrected chi connectivity index (χ1v) is 5.03. The first kappa shape index (κ1) is 14.9. The molecular weight excluding hydrogens is 228 g/mol. The van der Waals surface area contributed by atoms with E-state index in [1.807, 2.05) is 27.2 Å². The summed E-state index contributed by atoms with van der Waals surface area (Å²) >= 11 is 0. The van der Waals surface area contributed by atoms with Gasteiger partial charge in [0, 0.05) is 37.8 Å². The lowest BCUT2D eigenvalue weighted by Gasteiger charge is -2.10. The summed E-state index contributed by atoms with van der Waals surface area (Å²) in [6.45, 7) is 3.13. The largest absolute Gasteiger partial charge is 0.352 e. The van der Waals surface area contributed by atoms with E-state index in [-0.39, 0.29) is 24.2 Å². The highest BCUT2D eigenvalue weighted by Gasteiger charge is 2.10. The van der Waals surface area contributed by atoms with Crippen LogP contribution >= 0.6 is 12.4 Å². The number of aryl methyl sites for hydroxylation is 1. The molecule has 0 saturated heterocycles. The van der Waals surface area contributed by atoms with Crippen LogP contribution in [0.15, 0.2) is 12.4 Å². The van der Waals surface area contributed by atoms with E-state index in [1.165, 1.54) is 0 Å². The maximum atomic E-state index is 11.5. The molecule has 92 valence electrons. The molecule has 0 spiro atoms. The predicted octanol–water partition coefficient (Wildman–Crippen LogP) is 0.314. The Morgan fingerprint density at radius 1 is 1.62 bits per heavy atom. The summed E-state index contributed by atoms with van der Waals surface area (Å²) in [6, 6.07) is 0. The molecule has 1 amide bonds. The maximum absolute atomic E-state index is 11.5. The number of nitrogens with zero attached hydrogens (tertiary/aromatic N) is 2. The van der Waals surface area contributed by atoms with Crippen molar-refractivity contribution in [1.82, 2.24) is 20.4 Å². The second-order valence-corrected chi connectivity index (χ2v) is 3.70. The van der Waals surface area contributed by atoms with Gasteiger partial charge in [-0.15, -0.1) is 12.4 Å². The maximum Gasteiger partial charge on any atom is 0.224 e. The molecule has 16 heavy (non-hydrogen) atoms. The molecule has 1 rings (SSSR count). The summed E-state index contributed by atoms with van der Waals surface area (Å²) in [7, 11) is 3.69. The van der Waals surface area contributed by atoms with Gasteiger partial charge in [-0.2, -0.15) is 5.10 Å². The number of carbonyl (C=O) groups excluding carboxylic acids is 1. The molecule has 1 aromatic rings. The van der Waals surface area contributed by atoms with Gasteiger partial charge in [-0.3, -0.25) is 9.48 Å². The van der Waals surface area contributed by atoms with E-state index < -0.39 is 0 Å². The zero-order chi connectivity index (χ0) is 11.3. The fourth-order valence-corrected chi connectivity index (χ4v) is 1.33. The number of hydrogen-bond acceptors (Lipinski definition) is 3. The lowest BCUT2D eigenvalue weighted by molar-refractivity contribution is -0.124. The molecule has 0 aliphatic heterocycles. The van der Waals surface area contributed by atoms with Gasteiger partial charge >= 0.3 is 0 Å². The minimum absolute atomic E-state index is 0. The summed E-state index contributed by atoms with van der Waals surface area (Å²) in [5, 5.41) is 9.87. The Balaban J connectivity index is 0.00000225. The fraction of sp³-hybridized carbons (Fsp3) is 0.600. The highest BCUT2D eigenvalue weighted by Crippen LogP contribution is 1.97. The predicted molar refractivity (Wildman–Crippen MR) is 65.4 cm³/mol. The van der Waals surface area contributed by atoms with Gasteiger partial charge in [0.15, 0.2) is 0 Å². The van der Waals surface area contributed by atoms with E-state index in [1.54, 1.807) is 10.9 Å². The Morgan fingerprint density at radius 2 is 2.31 bits per heavy atom. The van der Waals surface area contributed by atoms with Crippen molar-refractivity contribution in [2.75, 3.05) is 13.6 Å². The Hall–Kier alpha value is -1.07. The van der Waals surface area contributed by atoms with Crippen LogP contribution in [-0.4, -0.2) is 29.3 Å². The third kappa shape index (κ3) is 4.63. The molecule has 1 unspecified atom stereocenters. The van der Waals surface area contributed by atoms with E-state index in [4.69, 9.17) is 0 Å². The average Bonchev–Trinajstić information content (AvgIpc) is 2.61. The van der Waals surface area contributed by atoms with Crippen molar-refractivity contribution < 1.29 is 4.79 Å². The summed E-state index contributed by atoms with van der Waals surface area (Å²) in [5.41, 5.74) is 1.02. The van der Waals surface area contributed by atoms with E-state index in [9.17, 15) is 4.79 Å². The van der Waals surface area contributed by atoms with Gasteiger partial charge in [0.25, 0.3) is 0 Å². The molecule has 2 N–H and O–H groups in total. The average molecular weight is 247 g/mol. The zero-order valence-corrected chi connectivity index (χ0v) is 10.7. The van der Waals surface area contributed by atoms with Crippen molar-refractivity contribution >= 4 is 18.3 Å². The van der Waals surface area contributed by atoms with Crippen LogP contribution in [0.2, 0.25) is 0 Å². The molecule has 0 radical (unpaired) electrons. The summed E-state index contributed by atoms with van der Waals surface area (Å²) in [6.07, 6.45) is 3.64. The molecular formula is C10H19ClN4O. The van der Waals surface area contributed by atoms with E-state index in [0.717, 1.165) is 5.56 Å². The van der Waals surface area contributed by atoms with Crippen LogP contribution in [0.1, 0.15) is 12.5 Å². The van der Waals surface area contributed by atoms with Gasteiger partial charge in [0.1, 0.15) is 0 Å². The van der Waals surface area contributed by atoms with Crippen molar-refractivity contribution in [3.63, 3.8) is 0 Å². The van der Waals surface area contributed by atoms with E-state index in [2.05, 4.69) is 15.7 Å². The normalized spacial score (nSPS) is 11.7. The molecule has 0 fully saturated rings. The number of halogens is 1. The first-order valence-electron chi connectivity index (χ1n) is 5.03. The van der Waals surface area contributed by atoms with E-state index in [0.29, 0.717) is 13.1 Å². The van der Waals surface area contributed by atoms with Crippen LogP contribution < -0.4 is 10.6 Å². The van der Waals surface area contributed by atoms with Crippen molar-refractivity contribution in [1.29, 1.82) is 0 Å². The van der Waals surface area contributed by atoms with Crippen LogP contribution in [0.25, 0.3) is 0 Å². The number of rotatable bonds is 5. The molecule has 0 aliphatic carbocycles. The topological polar surface area (TPSA) is 59.0 Å². The third-order valence-electron chi connectivity index (χ3n) is 2.18. The van der Waals surface area contributed by atoms with Crippen molar-refractivity contribution in [3.05, 3.63) is 18.0 Å². The Kier molecular flexibility index (Phi) is 6.76. The highest BCUT2D eigenvalue weighted by atomic mass is 35.5. The third-order valence-corrected chi connectivity index (χ3v) is 2.18. The molecule has 6 heteroatoms. The van der Waals surface area contributed by atoms with Gasteiger partial charge in [0.05, 0.1) is 6.20 Å². The van der Waals surface area contributed by atoms with Gasteiger partial charge in [-0.05, 0) is 7.05 Å². The highest BCUT2D eigenvalue weighted by molar-refractivity contribution is 5.85. The van der Waals surface area contributed by atoms with Crippen LogP contribution in [0.3, 0.4) is 0 Å². The standard InChI is InChI=1S/C10H18N4O.ClH/c1-8(4-11-2)10(15)12-5-9-6-13-14(3)7-9;/h6-8,11H,4-5H2,1-3H3,(H,12,15);1H. The number of nitrogens with one attached hydrogen (secondary N) is 2. The van der Waals surface area contributed by atoms with Crippen molar-refractivity contribution in [2.24, 2.45) is 13.0 Å². The summed E-state index contributed by atoms with van der Waals surface area (Å²) in [4.78, 5) is 11.5. The zero-order valence-electron chi connectivity index (χ0n) is 9.86. The van der Waals surface area contributed by atoms with Gasteiger partial charge in [0.2, 0.25) is 5.91 Å². The molecule has 0 saturated carbocycles. The Morgan fingerprint density at radius 3 is 2.81 bits per heavy atom. The minimum Gasteiger partial charge on any atom is -0.352 e. The molecule has 1 heterocycles. The Bertz CT molecular complexity index is 326.